The van der Waals surface area contributed by atoms with Crippen LogP contribution in [-0.4, -0.2) is 38.6 Å². The lowest BCUT2D eigenvalue weighted by Crippen LogP contribution is -2.27. The Morgan fingerprint density at radius 2 is 1.82 bits per heavy atom. The fourth-order valence-corrected chi connectivity index (χ4v) is 3.78. The van der Waals surface area contributed by atoms with E-state index in [2.05, 4.69) is 65.3 Å². The van der Waals surface area contributed by atoms with Crippen LogP contribution in [-0.2, 0) is 0 Å². The second-order valence-electron chi connectivity index (χ2n) is 6.87. The average Bonchev–Trinajstić information content (AvgIpc) is 2.98. The molecule has 2 aromatic rings. The molecule has 0 aliphatic rings. The summed E-state index contributed by atoms with van der Waals surface area (Å²) >= 11 is 1.20. The maximum atomic E-state index is 9.33. The van der Waals surface area contributed by atoms with Gasteiger partial charge in [0, 0.05) is 18.8 Å². The first-order valence-electron chi connectivity index (χ1n) is 9.26. The zero-order chi connectivity index (χ0) is 20.7. The molecule has 1 aromatic heterocycles. The van der Waals surface area contributed by atoms with Crippen LogP contribution in [0.15, 0.2) is 28.4 Å². The summed E-state index contributed by atoms with van der Waals surface area (Å²) in [5.41, 5.74) is 4.07. The normalized spacial score (nSPS) is 11.0. The van der Waals surface area contributed by atoms with Crippen molar-refractivity contribution in [2.24, 2.45) is 10.2 Å². The van der Waals surface area contributed by atoms with E-state index in [1.807, 2.05) is 13.0 Å². The summed E-state index contributed by atoms with van der Waals surface area (Å²) in [5.74, 6) is 0. The Labute approximate surface area is 171 Å². The molecular formula is C21H26N6S. The first-order valence-corrected chi connectivity index (χ1v) is 10.1. The lowest BCUT2D eigenvalue weighted by molar-refractivity contribution is 0.400. The van der Waals surface area contributed by atoms with Crippen LogP contribution < -0.4 is 4.90 Å². The van der Waals surface area contributed by atoms with Crippen molar-refractivity contribution in [1.82, 2.24) is 4.90 Å². The van der Waals surface area contributed by atoms with Gasteiger partial charge in [0.05, 0.1) is 11.3 Å². The Kier molecular flexibility index (Phi) is 7.69. The summed E-state index contributed by atoms with van der Waals surface area (Å²) in [6.07, 6.45) is 1.11. The van der Waals surface area contributed by atoms with Crippen LogP contribution in [0.3, 0.4) is 0 Å². The van der Waals surface area contributed by atoms with E-state index in [0.717, 1.165) is 37.3 Å². The third-order valence-corrected chi connectivity index (χ3v) is 5.63. The zero-order valence-corrected chi connectivity index (χ0v) is 18.0. The van der Waals surface area contributed by atoms with Crippen molar-refractivity contribution in [3.8, 4) is 12.1 Å². The van der Waals surface area contributed by atoms with Crippen LogP contribution in [0.5, 0.6) is 0 Å². The Morgan fingerprint density at radius 3 is 2.39 bits per heavy atom. The Balaban J connectivity index is 2.20. The molecule has 0 unspecified atom stereocenters. The molecule has 7 heteroatoms. The van der Waals surface area contributed by atoms with Gasteiger partial charge in [-0.15, -0.1) is 21.6 Å². The number of nitriles is 2. The number of benzene rings is 1. The first kappa shape index (κ1) is 21.6. The molecule has 0 aliphatic carbocycles. The minimum absolute atomic E-state index is 0.428. The highest BCUT2D eigenvalue weighted by atomic mass is 32.1. The van der Waals surface area contributed by atoms with Crippen molar-refractivity contribution in [3.05, 3.63) is 39.8 Å². The second-order valence-corrected chi connectivity index (χ2v) is 7.87. The molecule has 28 heavy (non-hydrogen) atoms. The number of azo groups is 1. The largest absolute Gasteiger partial charge is 0.372 e. The number of rotatable bonds is 8. The number of nitrogens with zero attached hydrogens (tertiary/aromatic N) is 6. The third kappa shape index (κ3) is 5.16. The van der Waals surface area contributed by atoms with Crippen LogP contribution in [0.2, 0.25) is 0 Å². The van der Waals surface area contributed by atoms with Gasteiger partial charge in [0.2, 0.25) is 0 Å². The molecule has 0 saturated carbocycles. The van der Waals surface area contributed by atoms with Crippen molar-refractivity contribution in [1.29, 1.82) is 10.5 Å². The van der Waals surface area contributed by atoms with E-state index in [9.17, 15) is 5.26 Å². The summed E-state index contributed by atoms with van der Waals surface area (Å²) in [6, 6.07) is 10.4. The first-order chi connectivity index (χ1) is 13.4. The smallest absolute Gasteiger partial charge is 0.158 e. The standard InChI is InChI=1S/C21H26N6S/c1-6-27(11-7-10-26(4)5)17-8-9-19(15(2)12-17)24-25-21-18(13-22)16(3)20(14-23)28-21/h8-9,12H,6-7,10-11H2,1-5H3. The fourth-order valence-electron chi connectivity index (χ4n) is 2.90. The van der Waals surface area contributed by atoms with Gasteiger partial charge < -0.3 is 9.80 Å². The highest BCUT2D eigenvalue weighted by molar-refractivity contribution is 7.16. The minimum Gasteiger partial charge on any atom is -0.372 e. The number of hydrogen-bond acceptors (Lipinski definition) is 7. The van der Waals surface area contributed by atoms with Crippen molar-refractivity contribution in [3.63, 3.8) is 0 Å². The molecule has 1 heterocycles. The molecule has 6 nitrogen and oxygen atoms in total. The highest BCUT2D eigenvalue weighted by Crippen LogP contribution is 2.36. The van der Waals surface area contributed by atoms with E-state index in [4.69, 9.17) is 5.26 Å². The van der Waals surface area contributed by atoms with Gasteiger partial charge in [-0.1, -0.05) is 0 Å². The van der Waals surface area contributed by atoms with E-state index < -0.39 is 0 Å². The Hall–Kier alpha value is -2.74. The molecule has 2 rings (SSSR count). The van der Waals surface area contributed by atoms with Crippen LogP contribution >= 0.6 is 11.3 Å². The van der Waals surface area contributed by atoms with E-state index in [-0.39, 0.29) is 0 Å². The third-order valence-electron chi connectivity index (χ3n) is 4.55. The minimum atomic E-state index is 0.428. The number of aryl methyl sites for hydroxylation is 1. The summed E-state index contributed by atoms with van der Waals surface area (Å²) in [7, 11) is 4.18. The van der Waals surface area contributed by atoms with E-state index >= 15 is 0 Å². The van der Waals surface area contributed by atoms with Crippen LogP contribution in [0, 0.1) is 36.5 Å². The summed E-state index contributed by atoms with van der Waals surface area (Å²) in [4.78, 5) is 5.06. The molecule has 0 aliphatic heterocycles. The quantitative estimate of drug-likeness (QED) is 0.569. The van der Waals surface area contributed by atoms with Crippen LogP contribution in [0.25, 0.3) is 0 Å². The number of thiophene rings is 1. The van der Waals surface area contributed by atoms with Gasteiger partial charge in [-0.05, 0) is 77.2 Å². The molecule has 0 amide bonds. The van der Waals surface area contributed by atoms with E-state index in [1.54, 1.807) is 6.92 Å². The molecule has 146 valence electrons. The zero-order valence-electron chi connectivity index (χ0n) is 17.2. The molecule has 0 radical (unpaired) electrons. The molecule has 1 aromatic carbocycles. The molecule has 0 bridgehead atoms. The molecule has 0 fully saturated rings. The van der Waals surface area contributed by atoms with E-state index in [0.29, 0.717) is 21.0 Å². The van der Waals surface area contributed by atoms with Crippen molar-refractivity contribution in [2.45, 2.75) is 27.2 Å². The van der Waals surface area contributed by atoms with Gasteiger partial charge in [0.15, 0.2) is 5.00 Å². The summed E-state index contributed by atoms with van der Waals surface area (Å²) in [6.45, 7) is 8.96. The van der Waals surface area contributed by atoms with Gasteiger partial charge in [-0.3, -0.25) is 0 Å². The van der Waals surface area contributed by atoms with Gasteiger partial charge in [-0.25, -0.2) is 0 Å². The average molecular weight is 395 g/mol. The van der Waals surface area contributed by atoms with Gasteiger partial charge >= 0.3 is 0 Å². The molecular weight excluding hydrogens is 368 g/mol. The Morgan fingerprint density at radius 1 is 1.07 bits per heavy atom. The molecule has 0 N–H and O–H groups in total. The molecule has 0 saturated heterocycles. The van der Waals surface area contributed by atoms with Gasteiger partial charge in [0.1, 0.15) is 17.0 Å². The lowest BCUT2D eigenvalue weighted by atomic mass is 10.1. The van der Waals surface area contributed by atoms with Gasteiger partial charge in [0.25, 0.3) is 0 Å². The number of anilines is 1. The maximum absolute atomic E-state index is 9.33. The second kappa shape index (κ2) is 9.98. The van der Waals surface area contributed by atoms with Crippen LogP contribution in [0.1, 0.15) is 34.9 Å². The Bertz CT molecular complexity index is 930. The summed E-state index contributed by atoms with van der Waals surface area (Å²) in [5, 5.41) is 27.5. The SMILES string of the molecule is CCN(CCCN(C)C)c1ccc(N=Nc2sc(C#N)c(C)c2C#N)c(C)c1. The molecule has 0 spiro atoms. The topological polar surface area (TPSA) is 78.8 Å². The predicted molar refractivity (Wildman–Crippen MR) is 115 cm³/mol. The van der Waals surface area contributed by atoms with Crippen molar-refractivity contribution >= 4 is 27.7 Å². The summed E-state index contributed by atoms with van der Waals surface area (Å²) < 4.78 is 0. The maximum Gasteiger partial charge on any atom is 0.158 e. The van der Waals surface area contributed by atoms with Crippen molar-refractivity contribution < 1.29 is 0 Å². The fraction of sp³-hybridized carbons (Fsp3) is 0.429. The van der Waals surface area contributed by atoms with Crippen LogP contribution in [0.4, 0.5) is 16.4 Å². The van der Waals surface area contributed by atoms with Crippen molar-refractivity contribution in [2.75, 3.05) is 38.6 Å². The highest BCUT2D eigenvalue weighted by Gasteiger charge is 2.14. The number of hydrogen-bond donors (Lipinski definition) is 0. The monoisotopic (exact) mass is 394 g/mol. The van der Waals surface area contributed by atoms with E-state index in [1.165, 1.54) is 17.0 Å². The molecule has 0 atom stereocenters. The lowest BCUT2D eigenvalue weighted by Gasteiger charge is -2.24. The van der Waals surface area contributed by atoms with Gasteiger partial charge in [-0.2, -0.15) is 10.5 Å². The predicted octanol–water partition coefficient (Wildman–Crippen LogP) is 5.30.